The van der Waals surface area contributed by atoms with Gasteiger partial charge in [0.25, 0.3) is 5.91 Å². The van der Waals surface area contributed by atoms with Crippen molar-refractivity contribution in [3.05, 3.63) is 58.1 Å². The van der Waals surface area contributed by atoms with Gasteiger partial charge < -0.3 is 15.0 Å². The lowest BCUT2D eigenvalue weighted by molar-refractivity contribution is -0.126. The van der Waals surface area contributed by atoms with Gasteiger partial charge in [-0.3, -0.25) is 9.59 Å². The molecule has 0 saturated carbocycles. The smallest absolute Gasteiger partial charge is 0.254 e. The third-order valence-electron chi connectivity index (χ3n) is 4.08. The molecule has 1 atom stereocenters. The van der Waals surface area contributed by atoms with Gasteiger partial charge >= 0.3 is 0 Å². The second-order valence-electron chi connectivity index (χ2n) is 5.96. The molecular weight excluding hydrogens is 375 g/mol. The first-order chi connectivity index (χ1) is 12.5. The van der Waals surface area contributed by atoms with Crippen molar-refractivity contribution >= 4 is 40.7 Å². The van der Waals surface area contributed by atoms with Crippen molar-refractivity contribution in [1.29, 1.82) is 0 Å². The number of halogens is 2. The summed E-state index contributed by atoms with van der Waals surface area (Å²) in [5.41, 5.74) is 1.63. The van der Waals surface area contributed by atoms with Crippen LogP contribution in [0.2, 0.25) is 10.0 Å². The average Bonchev–Trinajstić information content (AvgIpc) is 2.85. The van der Waals surface area contributed by atoms with E-state index < -0.39 is 6.04 Å². The second-order valence-corrected chi connectivity index (χ2v) is 6.80. The number of nitrogens with zero attached hydrogens (tertiary/aromatic N) is 1. The third kappa shape index (κ3) is 3.94. The molecule has 1 N–H and O–H groups in total. The predicted molar refractivity (Wildman–Crippen MR) is 102 cm³/mol. The highest BCUT2D eigenvalue weighted by Crippen LogP contribution is 2.35. The number of hydrogen-bond donors (Lipinski definition) is 1. The van der Waals surface area contributed by atoms with E-state index in [2.05, 4.69) is 5.32 Å². The number of anilines is 1. The molecule has 136 valence electrons. The molecule has 1 aliphatic heterocycles. The largest absolute Gasteiger partial charge is 0.492 e. The van der Waals surface area contributed by atoms with Crippen LogP contribution in [0.25, 0.3) is 0 Å². The van der Waals surface area contributed by atoms with Gasteiger partial charge in [-0.25, -0.2) is 0 Å². The van der Waals surface area contributed by atoms with E-state index in [4.69, 9.17) is 27.9 Å². The van der Waals surface area contributed by atoms with E-state index in [9.17, 15) is 9.59 Å². The van der Waals surface area contributed by atoms with Crippen LogP contribution in [-0.2, 0) is 9.59 Å². The van der Waals surface area contributed by atoms with E-state index >= 15 is 0 Å². The molecule has 0 bridgehead atoms. The molecule has 0 aliphatic carbocycles. The second kappa shape index (κ2) is 7.98. The Labute approximate surface area is 161 Å². The first kappa shape index (κ1) is 18.5. The van der Waals surface area contributed by atoms with Crippen molar-refractivity contribution in [2.45, 2.75) is 19.4 Å². The van der Waals surface area contributed by atoms with Crippen molar-refractivity contribution in [2.75, 3.05) is 18.1 Å². The summed E-state index contributed by atoms with van der Waals surface area (Å²) in [5, 5.41) is 3.71. The molecule has 3 rings (SSSR count). The van der Waals surface area contributed by atoms with Crippen LogP contribution >= 0.6 is 23.2 Å². The SMILES string of the molecule is CC(=O)N[C@H]1C(=O)N(CCCOc2ccc(Cl)cc2Cl)c2ccccc21. The minimum atomic E-state index is -0.629. The molecule has 1 heterocycles. The van der Waals surface area contributed by atoms with Crippen molar-refractivity contribution < 1.29 is 14.3 Å². The summed E-state index contributed by atoms with van der Waals surface area (Å²) in [7, 11) is 0. The Balaban J connectivity index is 1.62. The van der Waals surface area contributed by atoms with Crippen LogP contribution in [0.1, 0.15) is 24.9 Å². The van der Waals surface area contributed by atoms with Crippen LogP contribution in [0.3, 0.4) is 0 Å². The Morgan fingerprint density at radius 3 is 2.73 bits per heavy atom. The zero-order valence-corrected chi connectivity index (χ0v) is 15.7. The molecule has 0 fully saturated rings. The summed E-state index contributed by atoms with van der Waals surface area (Å²) in [5.74, 6) is 0.187. The fourth-order valence-electron chi connectivity index (χ4n) is 2.96. The quantitative estimate of drug-likeness (QED) is 0.756. The van der Waals surface area contributed by atoms with Gasteiger partial charge in [-0.1, -0.05) is 41.4 Å². The molecule has 26 heavy (non-hydrogen) atoms. The van der Waals surface area contributed by atoms with Gasteiger partial charge in [0, 0.05) is 29.7 Å². The van der Waals surface area contributed by atoms with E-state index in [0.29, 0.717) is 35.4 Å². The van der Waals surface area contributed by atoms with Gasteiger partial charge in [0.15, 0.2) is 0 Å². The number of ether oxygens (including phenoxy) is 1. The molecule has 7 heteroatoms. The van der Waals surface area contributed by atoms with Gasteiger partial charge in [-0.2, -0.15) is 0 Å². The minimum Gasteiger partial charge on any atom is -0.492 e. The van der Waals surface area contributed by atoms with Crippen LogP contribution in [0, 0.1) is 0 Å². The van der Waals surface area contributed by atoms with E-state index in [-0.39, 0.29) is 11.8 Å². The van der Waals surface area contributed by atoms with Crippen molar-refractivity contribution in [1.82, 2.24) is 5.32 Å². The van der Waals surface area contributed by atoms with Crippen molar-refractivity contribution in [2.24, 2.45) is 0 Å². The Bertz CT molecular complexity index is 841. The summed E-state index contributed by atoms with van der Waals surface area (Å²) < 4.78 is 5.67. The van der Waals surface area contributed by atoms with Gasteiger partial charge in [0.1, 0.15) is 11.8 Å². The van der Waals surface area contributed by atoms with Crippen LogP contribution in [-0.4, -0.2) is 25.0 Å². The maximum Gasteiger partial charge on any atom is 0.254 e. The topological polar surface area (TPSA) is 58.6 Å². The predicted octanol–water partition coefficient (Wildman–Crippen LogP) is 3.99. The number of para-hydroxylation sites is 1. The maximum absolute atomic E-state index is 12.7. The zero-order chi connectivity index (χ0) is 18.7. The number of rotatable bonds is 6. The molecule has 0 radical (unpaired) electrons. The molecule has 5 nitrogen and oxygen atoms in total. The first-order valence-corrected chi connectivity index (χ1v) is 8.98. The third-order valence-corrected chi connectivity index (χ3v) is 4.61. The number of fused-ring (bicyclic) bond motifs is 1. The maximum atomic E-state index is 12.7. The summed E-state index contributed by atoms with van der Waals surface area (Å²) in [6.45, 7) is 2.29. The number of amides is 2. The number of carbonyl (C=O) groups is 2. The van der Waals surface area contributed by atoms with E-state index in [0.717, 1.165) is 11.3 Å². The monoisotopic (exact) mass is 392 g/mol. The van der Waals surface area contributed by atoms with Gasteiger partial charge in [-0.05, 0) is 30.7 Å². The molecule has 1 aliphatic rings. The summed E-state index contributed by atoms with van der Waals surface area (Å²) >= 11 is 11.9. The highest BCUT2D eigenvalue weighted by molar-refractivity contribution is 6.35. The molecule has 2 aromatic rings. The van der Waals surface area contributed by atoms with Gasteiger partial charge in [-0.15, -0.1) is 0 Å². The van der Waals surface area contributed by atoms with E-state index in [1.165, 1.54) is 6.92 Å². The molecule has 0 unspecified atom stereocenters. The molecular formula is C19H18Cl2N2O3. The van der Waals surface area contributed by atoms with Crippen LogP contribution in [0.5, 0.6) is 5.75 Å². The lowest BCUT2D eigenvalue weighted by Crippen LogP contribution is -2.37. The van der Waals surface area contributed by atoms with Gasteiger partial charge in [0.2, 0.25) is 5.91 Å². The lowest BCUT2D eigenvalue weighted by atomic mass is 10.1. The highest BCUT2D eigenvalue weighted by Gasteiger charge is 2.37. The normalized spacial score (nSPS) is 15.7. The number of nitrogens with one attached hydrogen (secondary N) is 1. The molecule has 2 amide bonds. The summed E-state index contributed by atoms with van der Waals surface area (Å²) in [6.07, 6.45) is 0.617. The Hall–Kier alpha value is -2.24. The lowest BCUT2D eigenvalue weighted by Gasteiger charge is -2.18. The van der Waals surface area contributed by atoms with E-state index in [1.54, 1.807) is 23.1 Å². The van der Waals surface area contributed by atoms with Crippen molar-refractivity contribution in [3.63, 3.8) is 0 Å². The molecule has 0 spiro atoms. The standard InChI is InChI=1S/C19H18Cl2N2O3/c1-12(24)22-18-14-5-2-3-6-16(14)23(19(18)25)9-4-10-26-17-8-7-13(20)11-15(17)21/h2-3,5-8,11,18H,4,9-10H2,1H3,(H,22,24)/t18-/m1/s1. The number of benzene rings is 2. The van der Waals surface area contributed by atoms with Gasteiger partial charge in [0.05, 0.1) is 11.6 Å². The number of carbonyl (C=O) groups excluding carboxylic acids is 2. The fraction of sp³-hybridized carbons (Fsp3) is 0.263. The van der Waals surface area contributed by atoms with Crippen LogP contribution in [0.4, 0.5) is 5.69 Å². The summed E-state index contributed by atoms with van der Waals surface area (Å²) in [4.78, 5) is 25.8. The zero-order valence-electron chi connectivity index (χ0n) is 14.2. The molecule has 0 aromatic heterocycles. The fourth-order valence-corrected chi connectivity index (χ4v) is 3.42. The molecule has 2 aromatic carbocycles. The van der Waals surface area contributed by atoms with Crippen LogP contribution in [0.15, 0.2) is 42.5 Å². The average molecular weight is 393 g/mol. The van der Waals surface area contributed by atoms with Crippen LogP contribution < -0.4 is 15.0 Å². The highest BCUT2D eigenvalue weighted by atomic mass is 35.5. The Morgan fingerprint density at radius 1 is 1.23 bits per heavy atom. The Kier molecular flexibility index (Phi) is 5.69. The minimum absolute atomic E-state index is 0.133. The Morgan fingerprint density at radius 2 is 2.00 bits per heavy atom. The number of hydrogen-bond acceptors (Lipinski definition) is 3. The summed E-state index contributed by atoms with van der Waals surface area (Å²) in [6, 6.07) is 11.9. The van der Waals surface area contributed by atoms with Crippen molar-refractivity contribution in [3.8, 4) is 5.75 Å². The van der Waals surface area contributed by atoms with E-state index in [1.807, 2.05) is 24.3 Å². The first-order valence-electron chi connectivity index (χ1n) is 8.22. The molecule has 0 saturated heterocycles.